The lowest BCUT2D eigenvalue weighted by Gasteiger charge is -2.17. The summed E-state index contributed by atoms with van der Waals surface area (Å²) >= 11 is 0. The van der Waals surface area contributed by atoms with E-state index < -0.39 is 0 Å². The van der Waals surface area contributed by atoms with E-state index in [9.17, 15) is 0 Å². The molecule has 92 valence electrons. The molecule has 0 radical (unpaired) electrons. The molecular weight excluding hydrogens is 198 g/mol. The van der Waals surface area contributed by atoms with Gasteiger partial charge in [0.05, 0.1) is 6.20 Å². The molecule has 16 heavy (non-hydrogen) atoms. The molecule has 1 unspecified atom stereocenters. The van der Waals surface area contributed by atoms with Crippen LogP contribution in [0.25, 0.3) is 0 Å². The molecule has 0 aliphatic heterocycles. The van der Waals surface area contributed by atoms with Gasteiger partial charge < -0.3 is 5.32 Å². The Morgan fingerprint density at radius 1 is 1.44 bits per heavy atom. The van der Waals surface area contributed by atoms with Crippen LogP contribution < -0.4 is 5.32 Å². The summed E-state index contributed by atoms with van der Waals surface area (Å²) < 4.78 is 1.88. The Morgan fingerprint density at radius 3 is 2.69 bits per heavy atom. The molecule has 1 atom stereocenters. The Kier molecular flexibility index (Phi) is 5.53. The van der Waals surface area contributed by atoms with Crippen LogP contribution in [0.3, 0.4) is 0 Å². The number of aryl methyl sites for hydroxylation is 2. The molecule has 0 fully saturated rings. The quantitative estimate of drug-likeness (QED) is 0.769. The normalized spacial score (nSPS) is 13.3. The lowest BCUT2D eigenvalue weighted by molar-refractivity contribution is 0.414. The van der Waals surface area contributed by atoms with Crippen molar-refractivity contribution in [1.82, 2.24) is 15.1 Å². The van der Waals surface area contributed by atoms with E-state index in [-0.39, 0.29) is 0 Å². The number of nitrogens with zero attached hydrogens (tertiary/aromatic N) is 2. The lowest BCUT2D eigenvalue weighted by Crippen LogP contribution is -2.28. The van der Waals surface area contributed by atoms with Gasteiger partial charge in [0.15, 0.2) is 0 Å². The zero-order chi connectivity index (χ0) is 12.0. The van der Waals surface area contributed by atoms with Crippen LogP contribution in [0.1, 0.15) is 39.2 Å². The predicted molar refractivity (Wildman–Crippen MR) is 68.4 cm³/mol. The first-order chi connectivity index (χ1) is 7.61. The summed E-state index contributed by atoms with van der Waals surface area (Å²) in [5, 5.41) is 7.71. The molecule has 0 amide bonds. The van der Waals surface area contributed by atoms with Gasteiger partial charge in [0.25, 0.3) is 0 Å². The highest BCUT2D eigenvalue weighted by atomic mass is 15.2. The molecule has 0 spiro atoms. The van der Waals surface area contributed by atoms with Crippen LogP contribution in [0, 0.1) is 5.92 Å². The second-order valence-corrected chi connectivity index (χ2v) is 4.90. The second kappa shape index (κ2) is 6.69. The largest absolute Gasteiger partial charge is 0.314 e. The molecule has 0 aliphatic rings. The number of nitrogens with one attached hydrogen (secondary N) is 1. The fourth-order valence-electron chi connectivity index (χ4n) is 1.82. The maximum absolute atomic E-state index is 4.20. The Bertz CT molecular complexity index is 291. The summed E-state index contributed by atoms with van der Waals surface area (Å²) in [5.41, 5.74) is 1.35. The van der Waals surface area contributed by atoms with Crippen molar-refractivity contribution in [3.63, 3.8) is 0 Å². The van der Waals surface area contributed by atoms with Crippen molar-refractivity contribution in [3.8, 4) is 0 Å². The van der Waals surface area contributed by atoms with Gasteiger partial charge in [0.2, 0.25) is 0 Å². The lowest BCUT2D eigenvalue weighted by atomic mass is 9.98. The van der Waals surface area contributed by atoms with Gasteiger partial charge in [-0.2, -0.15) is 5.10 Å². The molecule has 1 rings (SSSR count). The zero-order valence-corrected chi connectivity index (χ0v) is 11.0. The molecule has 1 heterocycles. The first kappa shape index (κ1) is 13.2. The van der Waals surface area contributed by atoms with Crippen molar-refractivity contribution >= 4 is 0 Å². The van der Waals surface area contributed by atoms with E-state index >= 15 is 0 Å². The number of hydrogen-bond acceptors (Lipinski definition) is 2. The van der Waals surface area contributed by atoms with Gasteiger partial charge in [-0.15, -0.1) is 0 Å². The molecule has 1 N–H and O–H groups in total. The third-order valence-electron chi connectivity index (χ3n) is 2.99. The SMILES string of the molecule is CCC(CCc1cnn(C)c1)CNC(C)C. The maximum atomic E-state index is 4.20. The molecule has 3 nitrogen and oxygen atoms in total. The average Bonchev–Trinajstić information content (AvgIpc) is 2.64. The number of rotatable bonds is 7. The van der Waals surface area contributed by atoms with Crippen molar-refractivity contribution in [1.29, 1.82) is 0 Å². The van der Waals surface area contributed by atoms with Gasteiger partial charge in [0.1, 0.15) is 0 Å². The van der Waals surface area contributed by atoms with Crippen molar-refractivity contribution < 1.29 is 0 Å². The monoisotopic (exact) mass is 223 g/mol. The van der Waals surface area contributed by atoms with Gasteiger partial charge in [-0.1, -0.05) is 27.2 Å². The highest BCUT2D eigenvalue weighted by Gasteiger charge is 2.07. The molecular formula is C13H25N3. The van der Waals surface area contributed by atoms with Crippen LogP contribution in [0.4, 0.5) is 0 Å². The maximum Gasteiger partial charge on any atom is 0.0521 e. The Hall–Kier alpha value is -0.830. The van der Waals surface area contributed by atoms with E-state index in [0.29, 0.717) is 6.04 Å². The van der Waals surface area contributed by atoms with Gasteiger partial charge >= 0.3 is 0 Å². The Balaban J connectivity index is 2.28. The molecule has 0 aliphatic carbocycles. The van der Waals surface area contributed by atoms with Crippen LogP contribution in [-0.4, -0.2) is 22.4 Å². The van der Waals surface area contributed by atoms with Gasteiger partial charge in [-0.25, -0.2) is 0 Å². The summed E-state index contributed by atoms with van der Waals surface area (Å²) in [4.78, 5) is 0. The standard InChI is InChI=1S/C13H25N3/c1-5-12(8-14-11(2)3)6-7-13-9-15-16(4)10-13/h9-12,14H,5-8H2,1-4H3. The van der Waals surface area contributed by atoms with Gasteiger partial charge in [-0.3, -0.25) is 4.68 Å². The summed E-state index contributed by atoms with van der Waals surface area (Å²) in [6.07, 6.45) is 7.74. The van der Waals surface area contributed by atoms with E-state index in [1.54, 1.807) is 0 Å². The topological polar surface area (TPSA) is 29.9 Å². The van der Waals surface area contributed by atoms with Crippen molar-refractivity contribution in [2.45, 2.75) is 46.1 Å². The highest BCUT2D eigenvalue weighted by Crippen LogP contribution is 2.12. The summed E-state index contributed by atoms with van der Waals surface area (Å²) in [6.45, 7) is 7.81. The van der Waals surface area contributed by atoms with Crippen LogP contribution in [0.15, 0.2) is 12.4 Å². The average molecular weight is 223 g/mol. The summed E-state index contributed by atoms with van der Waals surface area (Å²) in [6, 6.07) is 0.590. The zero-order valence-electron chi connectivity index (χ0n) is 11.0. The van der Waals surface area contributed by atoms with Crippen molar-refractivity contribution in [2.75, 3.05) is 6.54 Å². The molecule has 1 aromatic rings. The fourth-order valence-corrected chi connectivity index (χ4v) is 1.82. The van der Waals surface area contributed by atoms with Crippen LogP contribution in [0.5, 0.6) is 0 Å². The molecule has 0 saturated carbocycles. The Labute approximate surface area is 99.2 Å². The Morgan fingerprint density at radius 2 is 2.19 bits per heavy atom. The van der Waals surface area contributed by atoms with Crippen molar-refractivity contribution in [3.05, 3.63) is 18.0 Å². The third-order valence-corrected chi connectivity index (χ3v) is 2.99. The van der Waals surface area contributed by atoms with Gasteiger partial charge in [0, 0.05) is 19.3 Å². The predicted octanol–water partition coefficient (Wildman–Crippen LogP) is 2.38. The van der Waals surface area contributed by atoms with Gasteiger partial charge in [-0.05, 0) is 30.9 Å². The van der Waals surface area contributed by atoms with Crippen LogP contribution in [0.2, 0.25) is 0 Å². The summed E-state index contributed by atoms with van der Waals surface area (Å²) in [7, 11) is 1.97. The minimum Gasteiger partial charge on any atom is -0.314 e. The number of hydrogen-bond donors (Lipinski definition) is 1. The molecule has 0 bridgehead atoms. The van der Waals surface area contributed by atoms with E-state index in [1.165, 1.54) is 18.4 Å². The number of aromatic nitrogens is 2. The van der Waals surface area contributed by atoms with E-state index in [1.807, 2.05) is 17.9 Å². The van der Waals surface area contributed by atoms with E-state index in [0.717, 1.165) is 18.9 Å². The molecule has 0 saturated heterocycles. The molecule has 0 aromatic carbocycles. The third kappa shape index (κ3) is 4.79. The highest BCUT2D eigenvalue weighted by molar-refractivity contribution is 5.03. The van der Waals surface area contributed by atoms with Crippen LogP contribution >= 0.6 is 0 Å². The van der Waals surface area contributed by atoms with Crippen molar-refractivity contribution in [2.24, 2.45) is 13.0 Å². The first-order valence-electron chi connectivity index (χ1n) is 6.32. The smallest absolute Gasteiger partial charge is 0.0521 e. The second-order valence-electron chi connectivity index (χ2n) is 4.90. The minimum absolute atomic E-state index is 0.590. The molecule has 1 aromatic heterocycles. The summed E-state index contributed by atoms with van der Waals surface area (Å²) in [5.74, 6) is 0.780. The first-order valence-corrected chi connectivity index (χ1v) is 6.32. The molecule has 3 heteroatoms. The van der Waals surface area contributed by atoms with E-state index in [4.69, 9.17) is 0 Å². The minimum atomic E-state index is 0.590. The van der Waals surface area contributed by atoms with E-state index in [2.05, 4.69) is 37.4 Å². The van der Waals surface area contributed by atoms with Crippen LogP contribution in [-0.2, 0) is 13.5 Å². The fraction of sp³-hybridized carbons (Fsp3) is 0.769.